The van der Waals surface area contributed by atoms with Crippen molar-refractivity contribution in [3.05, 3.63) is 77.1 Å². The number of nitrogens with one attached hydrogen (secondary N) is 1. The van der Waals surface area contributed by atoms with Gasteiger partial charge in [0, 0.05) is 41.3 Å². The fraction of sp³-hybridized carbons (Fsp3) is 0.105. The molecule has 1 N–H and O–H groups in total. The molecule has 0 aliphatic rings. The number of aryl methyl sites for hydroxylation is 1. The van der Waals surface area contributed by atoms with Crippen LogP contribution >= 0.6 is 11.6 Å². The van der Waals surface area contributed by atoms with E-state index in [1.807, 2.05) is 42.5 Å². The summed E-state index contributed by atoms with van der Waals surface area (Å²) in [5.41, 5.74) is 3.11. The number of hydrogen-bond donors (Lipinski definition) is 1. The summed E-state index contributed by atoms with van der Waals surface area (Å²) in [4.78, 5) is 12.5. The molecule has 3 aromatic rings. The zero-order valence-corrected chi connectivity index (χ0v) is 13.8. The third-order valence-electron chi connectivity index (χ3n) is 3.74. The van der Waals surface area contributed by atoms with Gasteiger partial charge >= 0.3 is 0 Å². The Hall–Kier alpha value is -2.59. The molecule has 0 aliphatic heterocycles. The van der Waals surface area contributed by atoms with E-state index in [0.29, 0.717) is 21.8 Å². The lowest BCUT2D eigenvalue weighted by molar-refractivity contribution is 0.102. The summed E-state index contributed by atoms with van der Waals surface area (Å²) >= 11 is 6.06. The largest absolute Gasteiger partial charge is 0.356 e. The van der Waals surface area contributed by atoms with Gasteiger partial charge in [0.05, 0.1) is 5.56 Å². The van der Waals surface area contributed by atoms with Crippen molar-refractivity contribution >= 4 is 23.2 Å². The van der Waals surface area contributed by atoms with Gasteiger partial charge in [-0.1, -0.05) is 41.9 Å². The molecule has 0 aliphatic carbocycles. The fourth-order valence-corrected chi connectivity index (χ4v) is 2.83. The summed E-state index contributed by atoms with van der Waals surface area (Å²) in [7, 11) is 1.76. The Balaban J connectivity index is 1.95. The normalized spacial score (nSPS) is 10.6. The molecule has 0 fully saturated rings. The molecular weight excluding hydrogens is 327 g/mol. The molecule has 2 aromatic carbocycles. The minimum Gasteiger partial charge on any atom is -0.356 e. The molecule has 3 rings (SSSR count). The van der Waals surface area contributed by atoms with Crippen molar-refractivity contribution < 1.29 is 9.18 Å². The molecule has 3 nitrogen and oxygen atoms in total. The predicted octanol–water partition coefficient (Wildman–Crippen LogP) is 5.07. The first kappa shape index (κ1) is 16.3. The van der Waals surface area contributed by atoms with Gasteiger partial charge in [-0.15, -0.1) is 0 Å². The Morgan fingerprint density at radius 2 is 1.96 bits per heavy atom. The van der Waals surface area contributed by atoms with Crippen LogP contribution in [0.4, 0.5) is 10.1 Å². The molecule has 5 heteroatoms. The smallest absolute Gasteiger partial charge is 0.257 e. The topological polar surface area (TPSA) is 34.0 Å². The van der Waals surface area contributed by atoms with Crippen molar-refractivity contribution in [1.82, 2.24) is 4.57 Å². The van der Waals surface area contributed by atoms with E-state index in [1.54, 1.807) is 30.1 Å². The number of benzene rings is 2. The summed E-state index contributed by atoms with van der Waals surface area (Å²) in [6.07, 6.45) is 3.23. The maximum absolute atomic E-state index is 13.1. The third-order valence-corrected chi connectivity index (χ3v) is 3.97. The van der Waals surface area contributed by atoms with Gasteiger partial charge in [0.15, 0.2) is 0 Å². The van der Waals surface area contributed by atoms with Gasteiger partial charge in [-0.05, 0) is 23.8 Å². The summed E-state index contributed by atoms with van der Waals surface area (Å²) < 4.78 is 14.8. The predicted molar refractivity (Wildman–Crippen MR) is 95.1 cm³/mol. The average molecular weight is 343 g/mol. The van der Waals surface area contributed by atoms with Crippen molar-refractivity contribution in [2.24, 2.45) is 7.05 Å². The van der Waals surface area contributed by atoms with Crippen LogP contribution in [0.2, 0.25) is 5.02 Å². The number of nitrogens with zero attached hydrogens (tertiary/aromatic N) is 1. The molecule has 1 amide bonds. The van der Waals surface area contributed by atoms with Crippen molar-refractivity contribution in [3.63, 3.8) is 0 Å². The van der Waals surface area contributed by atoms with Crippen LogP contribution in [-0.2, 0) is 13.7 Å². The lowest BCUT2D eigenvalue weighted by Crippen LogP contribution is -2.13. The SMILES string of the molecule is Cn1cc(CF)c(C(=O)Nc2ccccc2-c2cccc(Cl)c2)c1. The van der Waals surface area contributed by atoms with Gasteiger partial charge in [0.25, 0.3) is 5.91 Å². The molecule has 0 saturated heterocycles. The Morgan fingerprint density at radius 3 is 2.71 bits per heavy atom. The van der Waals surface area contributed by atoms with Crippen LogP contribution in [0.3, 0.4) is 0 Å². The number of halogens is 2. The zero-order chi connectivity index (χ0) is 17.1. The van der Waals surface area contributed by atoms with E-state index in [2.05, 4.69) is 5.32 Å². The molecule has 24 heavy (non-hydrogen) atoms. The van der Waals surface area contributed by atoms with Crippen LogP contribution in [0.15, 0.2) is 60.9 Å². The van der Waals surface area contributed by atoms with Crippen LogP contribution in [-0.4, -0.2) is 10.5 Å². The number of carbonyl (C=O) groups is 1. The van der Waals surface area contributed by atoms with E-state index in [0.717, 1.165) is 11.1 Å². The van der Waals surface area contributed by atoms with Crippen molar-refractivity contribution in [2.75, 3.05) is 5.32 Å². The van der Waals surface area contributed by atoms with Gasteiger partial charge in [0.2, 0.25) is 0 Å². The Kier molecular flexibility index (Phi) is 4.67. The summed E-state index contributed by atoms with van der Waals surface area (Å²) in [6.45, 7) is -0.681. The first-order valence-electron chi connectivity index (χ1n) is 7.45. The lowest BCUT2D eigenvalue weighted by atomic mass is 10.0. The van der Waals surface area contributed by atoms with Crippen molar-refractivity contribution in [1.29, 1.82) is 0 Å². The van der Waals surface area contributed by atoms with E-state index in [4.69, 9.17) is 11.6 Å². The van der Waals surface area contributed by atoms with Crippen LogP contribution in [0, 0.1) is 0 Å². The fourth-order valence-electron chi connectivity index (χ4n) is 2.64. The van der Waals surface area contributed by atoms with Gasteiger partial charge in [-0.3, -0.25) is 4.79 Å². The average Bonchev–Trinajstić information content (AvgIpc) is 2.96. The number of alkyl halides is 1. The highest BCUT2D eigenvalue weighted by Gasteiger charge is 2.15. The van der Waals surface area contributed by atoms with Crippen LogP contribution < -0.4 is 5.32 Å². The van der Waals surface area contributed by atoms with Crippen LogP contribution in [0.5, 0.6) is 0 Å². The number of rotatable bonds is 4. The summed E-state index contributed by atoms with van der Waals surface area (Å²) in [6, 6.07) is 14.9. The van der Waals surface area contributed by atoms with E-state index < -0.39 is 6.67 Å². The number of anilines is 1. The minimum atomic E-state index is -0.681. The van der Waals surface area contributed by atoms with Crippen LogP contribution in [0.25, 0.3) is 11.1 Å². The standard InChI is InChI=1S/C19H16ClFN2O/c1-23-11-14(10-21)17(12-23)19(24)22-18-8-3-2-7-16(18)13-5-4-6-15(20)9-13/h2-9,11-12H,10H2,1H3,(H,22,24). The van der Waals surface area contributed by atoms with Gasteiger partial charge in [0.1, 0.15) is 6.67 Å². The van der Waals surface area contributed by atoms with Gasteiger partial charge in [-0.2, -0.15) is 0 Å². The van der Waals surface area contributed by atoms with E-state index in [9.17, 15) is 9.18 Å². The van der Waals surface area contributed by atoms with E-state index in [1.165, 1.54) is 0 Å². The number of para-hydroxylation sites is 1. The lowest BCUT2D eigenvalue weighted by Gasteiger charge is -2.11. The number of hydrogen-bond acceptors (Lipinski definition) is 1. The second-order valence-electron chi connectivity index (χ2n) is 5.51. The molecule has 1 heterocycles. The highest BCUT2D eigenvalue weighted by Crippen LogP contribution is 2.30. The highest BCUT2D eigenvalue weighted by molar-refractivity contribution is 6.30. The van der Waals surface area contributed by atoms with Gasteiger partial charge < -0.3 is 9.88 Å². The number of amides is 1. The quantitative estimate of drug-likeness (QED) is 0.706. The molecule has 0 bridgehead atoms. The minimum absolute atomic E-state index is 0.334. The summed E-state index contributed by atoms with van der Waals surface area (Å²) in [5, 5.41) is 3.49. The Morgan fingerprint density at radius 1 is 1.17 bits per heavy atom. The third kappa shape index (κ3) is 3.34. The molecule has 0 unspecified atom stereocenters. The summed E-state index contributed by atoms with van der Waals surface area (Å²) in [5.74, 6) is -0.335. The van der Waals surface area contributed by atoms with Crippen molar-refractivity contribution in [2.45, 2.75) is 6.67 Å². The first-order chi connectivity index (χ1) is 11.6. The highest BCUT2D eigenvalue weighted by atomic mass is 35.5. The molecule has 1 aromatic heterocycles. The second kappa shape index (κ2) is 6.89. The number of aromatic nitrogens is 1. The Labute approximate surface area is 144 Å². The maximum atomic E-state index is 13.1. The second-order valence-corrected chi connectivity index (χ2v) is 5.94. The van der Waals surface area contributed by atoms with Gasteiger partial charge in [-0.25, -0.2) is 4.39 Å². The molecule has 0 radical (unpaired) electrons. The Bertz CT molecular complexity index is 889. The van der Waals surface area contributed by atoms with Crippen LogP contribution in [0.1, 0.15) is 15.9 Å². The maximum Gasteiger partial charge on any atom is 0.257 e. The molecular formula is C19H16ClFN2O. The zero-order valence-electron chi connectivity index (χ0n) is 13.1. The van der Waals surface area contributed by atoms with E-state index >= 15 is 0 Å². The monoisotopic (exact) mass is 342 g/mol. The van der Waals surface area contributed by atoms with E-state index in [-0.39, 0.29) is 5.91 Å². The first-order valence-corrected chi connectivity index (χ1v) is 7.83. The molecule has 0 saturated carbocycles. The number of carbonyl (C=O) groups excluding carboxylic acids is 1. The molecule has 0 atom stereocenters. The molecule has 122 valence electrons. The van der Waals surface area contributed by atoms with Crippen molar-refractivity contribution in [3.8, 4) is 11.1 Å². The molecule has 0 spiro atoms.